The van der Waals surface area contributed by atoms with Crippen LogP contribution in [0.25, 0.3) is 27.8 Å². The minimum Gasteiger partial charge on any atom is -0.365 e. The minimum absolute atomic E-state index is 0.177. The molecule has 0 saturated carbocycles. The first kappa shape index (κ1) is 18.5. The molecule has 0 fully saturated rings. The second kappa shape index (κ2) is 7.35. The van der Waals surface area contributed by atoms with E-state index in [1.54, 1.807) is 12.3 Å². The molecule has 6 heteroatoms. The Hall–Kier alpha value is -3.57. The van der Waals surface area contributed by atoms with Crippen LogP contribution in [0.5, 0.6) is 0 Å². The van der Waals surface area contributed by atoms with Crippen molar-refractivity contribution >= 4 is 34.0 Å². The van der Waals surface area contributed by atoms with Gasteiger partial charge in [-0.1, -0.05) is 53.6 Å². The number of benzene rings is 2. The Morgan fingerprint density at radius 3 is 2.73 bits per heavy atom. The normalized spacial score (nSPS) is 11.3. The van der Waals surface area contributed by atoms with Crippen molar-refractivity contribution in [1.82, 2.24) is 14.4 Å². The van der Waals surface area contributed by atoms with Crippen molar-refractivity contribution in [2.24, 2.45) is 0 Å². The Morgan fingerprint density at radius 2 is 1.90 bits per heavy atom. The molecule has 5 rings (SSSR count). The minimum atomic E-state index is -0.177. The SMILES string of the molecule is Cc1ccc2[nH]c(=O)c(-c3nc4ccc(Cl)cn4c3NCc3ccccc3)cc2c1. The van der Waals surface area contributed by atoms with Gasteiger partial charge in [0.25, 0.3) is 5.56 Å². The number of fused-ring (bicyclic) bond motifs is 2. The third-order valence-corrected chi connectivity index (χ3v) is 5.36. The average molecular weight is 415 g/mol. The highest BCUT2D eigenvalue weighted by Gasteiger charge is 2.18. The van der Waals surface area contributed by atoms with E-state index in [2.05, 4.69) is 28.5 Å². The molecule has 148 valence electrons. The topological polar surface area (TPSA) is 62.2 Å². The summed E-state index contributed by atoms with van der Waals surface area (Å²) < 4.78 is 1.89. The van der Waals surface area contributed by atoms with Gasteiger partial charge < -0.3 is 10.3 Å². The highest BCUT2D eigenvalue weighted by molar-refractivity contribution is 6.30. The number of aromatic nitrogens is 3. The number of H-pyrrole nitrogens is 1. The van der Waals surface area contributed by atoms with E-state index in [4.69, 9.17) is 16.6 Å². The number of hydrogen-bond donors (Lipinski definition) is 2. The first-order valence-electron chi connectivity index (χ1n) is 9.68. The molecule has 2 aromatic carbocycles. The summed E-state index contributed by atoms with van der Waals surface area (Å²) >= 11 is 6.25. The molecule has 0 aliphatic heterocycles. The van der Waals surface area contributed by atoms with Crippen molar-refractivity contribution < 1.29 is 0 Å². The van der Waals surface area contributed by atoms with Gasteiger partial charge >= 0.3 is 0 Å². The first-order valence-corrected chi connectivity index (χ1v) is 10.1. The molecule has 0 amide bonds. The standard InChI is InChI=1S/C24H19ClN4O/c1-15-7-9-20-17(11-15)12-19(24(30)27-20)22-23(26-13-16-5-3-2-4-6-16)29-14-18(25)8-10-21(29)28-22/h2-12,14,26H,13H2,1H3,(H,27,30). The van der Waals surface area contributed by atoms with Crippen molar-refractivity contribution in [3.05, 3.63) is 99.4 Å². The van der Waals surface area contributed by atoms with E-state index in [1.807, 2.05) is 53.8 Å². The van der Waals surface area contributed by atoms with Gasteiger partial charge in [0, 0.05) is 18.3 Å². The predicted molar refractivity (Wildman–Crippen MR) is 122 cm³/mol. The van der Waals surface area contributed by atoms with Crippen LogP contribution < -0.4 is 10.9 Å². The Bertz CT molecular complexity index is 1440. The molecule has 5 aromatic rings. The van der Waals surface area contributed by atoms with Crippen LogP contribution in [0.15, 0.2) is 77.7 Å². The van der Waals surface area contributed by atoms with Gasteiger partial charge in [-0.15, -0.1) is 0 Å². The number of rotatable bonds is 4. The summed E-state index contributed by atoms with van der Waals surface area (Å²) in [5.41, 5.74) is 4.71. The number of anilines is 1. The van der Waals surface area contributed by atoms with Gasteiger partial charge in [0.1, 0.15) is 17.2 Å². The summed E-state index contributed by atoms with van der Waals surface area (Å²) in [7, 11) is 0. The summed E-state index contributed by atoms with van der Waals surface area (Å²) in [4.78, 5) is 20.7. The molecule has 0 aliphatic carbocycles. The molecule has 30 heavy (non-hydrogen) atoms. The second-order valence-corrected chi connectivity index (χ2v) is 7.76. The highest BCUT2D eigenvalue weighted by Crippen LogP contribution is 2.30. The molecule has 0 unspecified atom stereocenters. The fourth-order valence-electron chi connectivity index (χ4n) is 3.66. The molecule has 0 saturated heterocycles. The van der Waals surface area contributed by atoms with Crippen LogP contribution in [0.1, 0.15) is 11.1 Å². The van der Waals surface area contributed by atoms with E-state index in [9.17, 15) is 4.79 Å². The molecule has 3 heterocycles. The van der Waals surface area contributed by atoms with E-state index in [0.29, 0.717) is 28.5 Å². The van der Waals surface area contributed by atoms with Crippen LogP contribution in [0.3, 0.4) is 0 Å². The lowest BCUT2D eigenvalue weighted by atomic mass is 10.1. The number of hydrogen-bond acceptors (Lipinski definition) is 3. The molecule has 0 aliphatic rings. The lowest BCUT2D eigenvalue weighted by Crippen LogP contribution is -2.11. The fourth-order valence-corrected chi connectivity index (χ4v) is 3.82. The van der Waals surface area contributed by atoms with E-state index < -0.39 is 0 Å². The molecule has 3 aromatic heterocycles. The smallest absolute Gasteiger partial charge is 0.258 e. The largest absolute Gasteiger partial charge is 0.365 e. The average Bonchev–Trinajstić information content (AvgIpc) is 3.10. The molecule has 0 bridgehead atoms. The van der Waals surface area contributed by atoms with Crippen molar-refractivity contribution in [2.75, 3.05) is 5.32 Å². The number of nitrogens with zero attached hydrogens (tertiary/aromatic N) is 2. The second-order valence-electron chi connectivity index (χ2n) is 7.33. The highest BCUT2D eigenvalue weighted by atomic mass is 35.5. The van der Waals surface area contributed by atoms with Gasteiger partial charge in [0.2, 0.25) is 0 Å². The number of pyridine rings is 2. The summed E-state index contributed by atoms with van der Waals surface area (Å²) in [6, 6.07) is 21.6. The Balaban J connectivity index is 1.69. The lowest BCUT2D eigenvalue weighted by Gasteiger charge is -2.10. The quantitative estimate of drug-likeness (QED) is 0.413. The monoisotopic (exact) mass is 414 g/mol. The molecular weight excluding hydrogens is 396 g/mol. The third-order valence-electron chi connectivity index (χ3n) is 5.14. The number of aryl methyl sites for hydroxylation is 1. The van der Waals surface area contributed by atoms with Crippen molar-refractivity contribution in [3.8, 4) is 11.3 Å². The molecule has 0 spiro atoms. The Labute approximate surface area is 178 Å². The van der Waals surface area contributed by atoms with Gasteiger partial charge in [0.05, 0.1) is 10.6 Å². The maximum absolute atomic E-state index is 12.9. The van der Waals surface area contributed by atoms with E-state index in [1.165, 1.54) is 0 Å². The zero-order chi connectivity index (χ0) is 20.7. The van der Waals surface area contributed by atoms with Crippen LogP contribution >= 0.6 is 11.6 Å². The van der Waals surface area contributed by atoms with E-state index in [-0.39, 0.29) is 5.56 Å². The van der Waals surface area contributed by atoms with Crippen LogP contribution in [0, 0.1) is 6.92 Å². The van der Waals surface area contributed by atoms with Crippen LogP contribution in [-0.2, 0) is 6.54 Å². The van der Waals surface area contributed by atoms with Crippen LogP contribution in [0.4, 0.5) is 5.82 Å². The molecule has 2 N–H and O–H groups in total. The molecule has 5 nitrogen and oxygen atoms in total. The van der Waals surface area contributed by atoms with Crippen LogP contribution in [0.2, 0.25) is 5.02 Å². The number of halogens is 1. The van der Waals surface area contributed by atoms with Gasteiger partial charge in [-0.3, -0.25) is 9.20 Å². The van der Waals surface area contributed by atoms with Gasteiger partial charge in [-0.05, 0) is 48.2 Å². The van der Waals surface area contributed by atoms with Crippen LogP contribution in [-0.4, -0.2) is 14.4 Å². The predicted octanol–water partition coefficient (Wildman–Crippen LogP) is 5.42. The molecule has 0 atom stereocenters. The van der Waals surface area contributed by atoms with E-state index in [0.717, 1.165) is 27.8 Å². The zero-order valence-electron chi connectivity index (χ0n) is 16.3. The maximum atomic E-state index is 12.9. The van der Waals surface area contributed by atoms with Gasteiger partial charge in [-0.2, -0.15) is 0 Å². The number of imidazole rings is 1. The Morgan fingerprint density at radius 1 is 1.07 bits per heavy atom. The Kier molecular flexibility index (Phi) is 4.52. The lowest BCUT2D eigenvalue weighted by molar-refractivity contribution is 1.08. The number of nitrogens with one attached hydrogen (secondary N) is 2. The zero-order valence-corrected chi connectivity index (χ0v) is 17.1. The molecule has 0 radical (unpaired) electrons. The maximum Gasteiger partial charge on any atom is 0.258 e. The first-order chi connectivity index (χ1) is 14.6. The van der Waals surface area contributed by atoms with E-state index >= 15 is 0 Å². The van der Waals surface area contributed by atoms with Crippen molar-refractivity contribution in [2.45, 2.75) is 13.5 Å². The summed E-state index contributed by atoms with van der Waals surface area (Å²) in [6.07, 6.45) is 1.81. The van der Waals surface area contributed by atoms with Crippen molar-refractivity contribution in [3.63, 3.8) is 0 Å². The van der Waals surface area contributed by atoms with Gasteiger partial charge in [0.15, 0.2) is 0 Å². The fraction of sp³-hybridized carbons (Fsp3) is 0.0833. The van der Waals surface area contributed by atoms with Crippen molar-refractivity contribution in [1.29, 1.82) is 0 Å². The summed E-state index contributed by atoms with van der Waals surface area (Å²) in [6.45, 7) is 2.63. The van der Waals surface area contributed by atoms with Gasteiger partial charge in [-0.25, -0.2) is 4.98 Å². The third kappa shape index (κ3) is 3.33. The number of aromatic amines is 1. The molecular formula is C24H19ClN4O. The summed E-state index contributed by atoms with van der Waals surface area (Å²) in [5, 5.41) is 5.02. The summed E-state index contributed by atoms with van der Waals surface area (Å²) in [5.74, 6) is 0.730.